The van der Waals surface area contributed by atoms with Crippen LogP contribution in [-0.2, 0) is 15.6 Å². The van der Waals surface area contributed by atoms with Crippen molar-refractivity contribution in [1.29, 1.82) is 0 Å². The molecule has 1 aliphatic carbocycles. The van der Waals surface area contributed by atoms with Gasteiger partial charge >= 0.3 is 0 Å². The van der Waals surface area contributed by atoms with E-state index >= 15 is 0 Å². The lowest BCUT2D eigenvalue weighted by atomic mass is 9.65. The molecule has 1 unspecified atom stereocenters. The summed E-state index contributed by atoms with van der Waals surface area (Å²) < 4.78 is 5.94. The van der Waals surface area contributed by atoms with Crippen LogP contribution in [0.2, 0.25) is 0 Å². The summed E-state index contributed by atoms with van der Waals surface area (Å²) in [6, 6.07) is 22.4. The summed E-state index contributed by atoms with van der Waals surface area (Å²) in [6.07, 6.45) is 5.46. The third-order valence-corrected chi connectivity index (χ3v) is 6.35. The predicted octanol–water partition coefficient (Wildman–Crippen LogP) is 4.62. The maximum absolute atomic E-state index is 13.7. The Morgan fingerprint density at radius 3 is 2.52 bits per heavy atom. The van der Waals surface area contributed by atoms with Crippen LogP contribution in [0.25, 0.3) is 0 Å². The lowest BCUT2D eigenvalue weighted by Crippen LogP contribution is -2.39. The summed E-state index contributed by atoms with van der Waals surface area (Å²) in [5.41, 5.74) is 4.66. The quantitative estimate of drug-likeness (QED) is 0.660. The topological polar surface area (TPSA) is 38.3 Å². The molecule has 3 aromatic carbocycles. The Balaban J connectivity index is 1.93. The van der Waals surface area contributed by atoms with Crippen LogP contribution in [0.4, 0.5) is 5.69 Å². The minimum absolute atomic E-state index is 0.0711. The summed E-state index contributed by atoms with van der Waals surface area (Å²) in [5.74, 6) is 3.11. The number of anilines is 1. The monoisotopic (exact) mass is 379 g/mol. The van der Waals surface area contributed by atoms with Gasteiger partial charge in [0, 0.05) is 22.2 Å². The first kappa shape index (κ1) is 17.6. The van der Waals surface area contributed by atoms with Crippen molar-refractivity contribution in [3.05, 3.63) is 94.5 Å². The van der Waals surface area contributed by atoms with E-state index in [1.807, 2.05) is 42.5 Å². The molecule has 0 fully saturated rings. The minimum atomic E-state index is -0.983. The number of ether oxygens (including phenoxy) is 1. The molecule has 0 radical (unpaired) electrons. The summed E-state index contributed by atoms with van der Waals surface area (Å²) in [5, 5.41) is 3.09. The first-order chi connectivity index (χ1) is 14.0. The summed E-state index contributed by atoms with van der Waals surface area (Å²) in [4.78, 5) is 13.7. The van der Waals surface area contributed by atoms with Crippen LogP contribution in [0.5, 0.6) is 5.75 Å². The van der Waals surface area contributed by atoms with E-state index in [0.29, 0.717) is 5.75 Å². The van der Waals surface area contributed by atoms with Gasteiger partial charge in [-0.1, -0.05) is 68.3 Å². The Bertz CT molecular complexity index is 1200. The molecule has 1 atom stereocenters. The van der Waals surface area contributed by atoms with E-state index in [1.165, 1.54) is 5.56 Å². The van der Waals surface area contributed by atoms with Gasteiger partial charge in [-0.05, 0) is 34.9 Å². The van der Waals surface area contributed by atoms with Crippen molar-refractivity contribution < 1.29 is 9.53 Å². The number of fused-ring (bicyclic) bond motifs is 8. The molecule has 29 heavy (non-hydrogen) atoms. The largest absolute Gasteiger partial charge is 0.481 e. The third kappa shape index (κ3) is 2.23. The van der Waals surface area contributed by atoms with Gasteiger partial charge in [0.1, 0.15) is 17.8 Å². The van der Waals surface area contributed by atoms with E-state index in [9.17, 15) is 4.79 Å². The van der Waals surface area contributed by atoms with Gasteiger partial charge in [-0.3, -0.25) is 4.79 Å². The molecule has 1 N–H and O–H groups in total. The second-order valence-corrected chi connectivity index (χ2v) is 8.16. The molecule has 1 heterocycles. The van der Waals surface area contributed by atoms with E-state index in [1.54, 1.807) is 0 Å². The molecule has 0 saturated carbocycles. The number of hydrogen-bond donors (Lipinski definition) is 1. The Hall–Kier alpha value is -3.51. The van der Waals surface area contributed by atoms with Crippen LogP contribution in [0.15, 0.2) is 66.7 Å². The van der Waals surface area contributed by atoms with Gasteiger partial charge in [-0.2, -0.15) is 0 Å². The second-order valence-electron chi connectivity index (χ2n) is 8.16. The molecular formula is C26H21NO2. The lowest BCUT2D eigenvalue weighted by Gasteiger charge is -2.37. The normalized spacial score (nSPS) is 20.2. The van der Waals surface area contributed by atoms with Gasteiger partial charge in [-0.15, -0.1) is 6.42 Å². The van der Waals surface area contributed by atoms with Crippen LogP contribution in [-0.4, -0.2) is 12.5 Å². The van der Waals surface area contributed by atoms with Gasteiger partial charge < -0.3 is 10.1 Å². The number of rotatable bonds is 2. The van der Waals surface area contributed by atoms with Crippen molar-refractivity contribution in [2.45, 2.75) is 24.7 Å². The number of para-hydroxylation sites is 1. The second kappa shape index (κ2) is 5.99. The molecular weight excluding hydrogens is 358 g/mol. The van der Waals surface area contributed by atoms with Gasteiger partial charge in [0.15, 0.2) is 0 Å². The number of amides is 1. The summed E-state index contributed by atoms with van der Waals surface area (Å²) >= 11 is 0. The fraction of sp³-hybridized carbons (Fsp3) is 0.192. The lowest BCUT2D eigenvalue weighted by molar-refractivity contribution is -0.118. The van der Waals surface area contributed by atoms with Crippen molar-refractivity contribution >= 4 is 11.6 Å². The average Bonchev–Trinajstić information content (AvgIpc) is 3.04. The maximum Gasteiger partial charge on any atom is 0.244 e. The SMILES string of the molecule is C#CCOc1ccc2cc1C1(C(=O)Nc3ccccc31)c1cccc(c1)C2(C)C. The highest BCUT2D eigenvalue weighted by Crippen LogP contribution is 2.53. The zero-order valence-corrected chi connectivity index (χ0v) is 16.5. The van der Waals surface area contributed by atoms with Crippen LogP contribution in [0.3, 0.4) is 0 Å². The molecule has 0 saturated heterocycles. The Labute approximate surface area is 170 Å². The first-order valence-electron chi connectivity index (χ1n) is 9.73. The smallest absolute Gasteiger partial charge is 0.244 e. The average molecular weight is 379 g/mol. The van der Waals surface area contributed by atoms with E-state index < -0.39 is 5.41 Å². The molecule has 4 bridgehead atoms. The van der Waals surface area contributed by atoms with Gasteiger partial charge in [-0.25, -0.2) is 0 Å². The number of terminal acetylenes is 1. The number of hydrogen-bond acceptors (Lipinski definition) is 2. The molecule has 5 rings (SSSR count). The van der Waals surface area contributed by atoms with Crippen LogP contribution >= 0.6 is 0 Å². The first-order valence-corrected chi connectivity index (χ1v) is 9.73. The van der Waals surface area contributed by atoms with Crippen LogP contribution in [0, 0.1) is 12.3 Å². The Kier molecular flexibility index (Phi) is 3.63. The van der Waals surface area contributed by atoms with Gasteiger partial charge in [0.25, 0.3) is 0 Å². The molecule has 3 nitrogen and oxygen atoms in total. The van der Waals surface area contributed by atoms with Crippen molar-refractivity contribution in [2.24, 2.45) is 0 Å². The van der Waals surface area contributed by atoms with Crippen LogP contribution < -0.4 is 10.1 Å². The molecule has 1 spiro atoms. The zero-order valence-electron chi connectivity index (χ0n) is 16.5. The van der Waals surface area contributed by atoms with Crippen molar-refractivity contribution in [3.63, 3.8) is 0 Å². The highest BCUT2D eigenvalue weighted by atomic mass is 16.5. The van der Waals surface area contributed by atoms with E-state index in [0.717, 1.165) is 27.9 Å². The van der Waals surface area contributed by atoms with Crippen molar-refractivity contribution in [3.8, 4) is 18.1 Å². The summed E-state index contributed by atoms with van der Waals surface area (Å²) in [6.45, 7) is 4.55. The highest BCUT2D eigenvalue weighted by molar-refractivity contribution is 6.11. The van der Waals surface area contributed by atoms with Crippen molar-refractivity contribution in [2.75, 3.05) is 11.9 Å². The van der Waals surface area contributed by atoms with Gasteiger partial charge in [0.05, 0.1) is 0 Å². The maximum atomic E-state index is 13.7. The number of carbonyl (C=O) groups is 1. The predicted molar refractivity (Wildman–Crippen MR) is 114 cm³/mol. The van der Waals surface area contributed by atoms with Crippen LogP contribution in [0.1, 0.15) is 41.7 Å². The van der Waals surface area contributed by atoms with E-state index in [2.05, 4.69) is 49.4 Å². The van der Waals surface area contributed by atoms with E-state index in [-0.39, 0.29) is 17.9 Å². The minimum Gasteiger partial charge on any atom is -0.481 e. The molecule has 142 valence electrons. The third-order valence-electron chi connectivity index (χ3n) is 6.35. The number of benzene rings is 3. The summed E-state index contributed by atoms with van der Waals surface area (Å²) in [7, 11) is 0. The molecule has 0 aromatic heterocycles. The Morgan fingerprint density at radius 1 is 0.931 bits per heavy atom. The van der Waals surface area contributed by atoms with Crippen molar-refractivity contribution in [1.82, 2.24) is 0 Å². The van der Waals surface area contributed by atoms with Gasteiger partial charge in [0.2, 0.25) is 5.91 Å². The number of carbonyl (C=O) groups excluding carboxylic acids is 1. The molecule has 3 heteroatoms. The number of nitrogens with one attached hydrogen (secondary N) is 1. The standard InChI is InChI=1S/C26H21NO2/c1-4-14-29-23-13-12-18-16-21(23)26(19-9-7-8-17(15-19)25(18,2)3)20-10-5-6-11-22(20)27-24(26)28/h1,5-13,15-16H,14H2,2-3H3,(H,27,28). The fourth-order valence-electron chi connectivity index (χ4n) is 4.73. The molecule has 1 aliphatic heterocycles. The molecule has 3 aromatic rings. The zero-order chi connectivity index (χ0) is 20.2. The molecule has 1 amide bonds. The highest BCUT2D eigenvalue weighted by Gasteiger charge is 2.52. The fourth-order valence-corrected chi connectivity index (χ4v) is 4.73. The Morgan fingerprint density at radius 2 is 1.69 bits per heavy atom. The molecule has 2 aliphatic rings. The van der Waals surface area contributed by atoms with E-state index in [4.69, 9.17) is 11.2 Å².